The molecule has 1 aliphatic carbocycles. The van der Waals surface area contributed by atoms with E-state index in [-0.39, 0.29) is 0 Å². The summed E-state index contributed by atoms with van der Waals surface area (Å²) in [6, 6.07) is 82.0. The summed E-state index contributed by atoms with van der Waals surface area (Å²) < 4.78 is 2.42. The Balaban J connectivity index is 1.10. The van der Waals surface area contributed by atoms with Gasteiger partial charge in [-0.25, -0.2) is 0 Å². The SMILES string of the molecule is C[Si]1c2ccccc2C2(c3ccccc3-c3cccc4cccc2c34)c2ccc(N(c3ccc4ccccc4c3)c3ccc4c5ccccc5n(-c5ccccc5)c4c3)cc21. The molecule has 61 heavy (non-hydrogen) atoms. The van der Waals surface area contributed by atoms with Crippen molar-refractivity contribution in [1.29, 1.82) is 0 Å². The van der Waals surface area contributed by atoms with Gasteiger partial charge in [0.05, 0.1) is 16.4 Å². The van der Waals surface area contributed by atoms with E-state index in [1.54, 1.807) is 0 Å². The van der Waals surface area contributed by atoms with E-state index in [0.29, 0.717) is 0 Å². The quantitative estimate of drug-likeness (QED) is 0.161. The molecule has 0 saturated heterocycles. The Morgan fingerprint density at radius 3 is 1.90 bits per heavy atom. The van der Waals surface area contributed by atoms with E-state index < -0.39 is 14.2 Å². The van der Waals surface area contributed by atoms with Gasteiger partial charge in [0.25, 0.3) is 0 Å². The molecule has 285 valence electrons. The van der Waals surface area contributed by atoms with Crippen LogP contribution >= 0.6 is 0 Å². The minimum atomic E-state index is -1.20. The average Bonchev–Trinajstić information content (AvgIpc) is 3.66. The maximum atomic E-state index is 2.55. The van der Waals surface area contributed by atoms with Crippen LogP contribution in [0.5, 0.6) is 0 Å². The molecule has 1 aliphatic heterocycles. The first-order valence-electron chi connectivity index (χ1n) is 21.3. The van der Waals surface area contributed by atoms with E-state index in [1.165, 1.54) is 87.1 Å². The average molecular weight is 792 g/mol. The van der Waals surface area contributed by atoms with Gasteiger partial charge in [0.1, 0.15) is 8.80 Å². The molecule has 2 nitrogen and oxygen atoms in total. The molecule has 1 atom stereocenters. The minimum absolute atomic E-state index is 0.470. The van der Waals surface area contributed by atoms with E-state index in [2.05, 4.69) is 234 Å². The molecule has 0 amide bonds. The molecule has 1 spiro atoms. The Hall–Kier alpha value is -7.46. The molecule has 0 bridgehead atoms. The second kappa shape index (κ2) is 13.0. The third-order valence-electron chi connectivity index (χ3n) is 13.7. The van der Waals surface area contributed by atoms with Crippen LogP contribution in [0.25, 0.3) is 60.2 Å². The highest BCUT2D eigenvalue weighted by Gasteiger charge is 2.49. The van der Waals surface area contributed by atoms with Crippen molar-refractivity contribution in [3.8, 4) is 16.8 Å². The first kappa shape index (κ1) is 34.4. The summed E-state index contributed by atoms with van der Waals surface area (Å²) in [5.74, 6) is 0. The summed E-state index contributed by atoms with van der Waals surface area (Å²) in [5, 5.41) is 10.5. The summed E-state index contributed by atoms with van der Waals surface area (Å²) in [7, 11) is -1.20. The monoisotopic (exact) mass is 791 g/mol. The zero-order valence-corrected chi connectivity index (χ0v) is 34.7. The Bertz CT molecular complexity index is 3580. The van der Waals surface area contributed by atoms with Crippen LogP contribution in [0.1, 0.15) is 22.3 Å². The lowest BCUT2D eigenvalue weighted by Gasteiger charge is -2.47. The summed E-state index contributed by atoms with van der Waals surface area (Å²) >= 11 is 0. The molecular weight excluding hydrogens is 753 g/mol. The highest BCUT2D eigenvalue weighted by molar-refractivity contribution is 6.85. The van der Waals surface area contributed by atoms with Crippen molar-refractivity contribution in [2.75, 3.05) is 4.90 Å². The van der Waals surface area contributed by atoms with Gasteiger partial charge in [-0.05, 0) is 115 Å². The number of nitrogens with zero attached hydrogens (tertiary/aromatic N) is 2. The van der Waals surface area contributed by atoms with Gasteiger partial charge in [0.15, 0.2) is 0 Å². The standard InChI is InChI=1S/C58H39N2Si/c1-61-55-28-12-10-25-50(55)58(49-24-9-7-21-45(49)48-23-13-17-39-18-14-26-52(58)57(39)48)51-34-32-44(37-56(51)61)59(42-30-29-38-15-5-6-16-40(38)35-42)43-31-33-47-46-22-8-11-27-53(46)60(54(47)36-43)41-19-3-2-4-20-41/h2-37H,1H3. The minimum Gasteiger partial charge on any atom is -0.310 e. The van der Waals surface area contributed by atoms with Crippen molar-refractivity contribution in [3.05, 3.63) is 241 Å². The largest absolute Gasteiger partial charge is 0.310 e. The summed E-state index contributed by atoms with van der Waals surface area (Å²) in [5.41, 5.74) is 14.7. The number of aromatic nitrogens is 1. The summed E-state index contributed by atoms with van der Waals surface area (Å²) in [6.45, 7) is 2.51. The number of hydrogen-bond acceptors (Lipinski definition) is 1. The van der Waals surface area contributed by atoms with E-state index in [9.17, 15) is 0 Å². The number of anilines is 3. The Labute approximate surface area is 356 Å². The van der Waals surface area contributed by atoms with Crippen LogP contribution in [-0.2, 0) is 5.41 Å². The molecule has 10 aromatic carbocycles. The van der Waals surface area contributed by atoms with Crippen LogP contribution in [0, 0.1) is 0 Å². The fourth-order valence-corrected chi connectivity index (χ4v) is 13.5. The molecule has 2 heterocycles. The van der Waals surface area contributed by atoms with Crippen molar-refractivity contribution >= 4 is 79.6 Å². The first-order valence-corrected chi connectivity index (χ1v) is 23.3. The first-order chi connectivity index (χ1) is 30.2. The van der Waals surface area contributed by atoms with Crippen molar-refractivity contribution in [3.63, 3.8) is 0 Å². The summed E-state index contributed by atoms with van der Waals surface area (Å²) in [6.07, 6.45) is 0. The maximum absolute atomic E-state index is 2.55. The van der Waals surface area contributed by atoms with Gasteiger partial charge in [0.2, 0.25) is 0 Å². The second-order valence-corrected chi connectivity index (χ2v) is 19.0. The zero-order chi connectivity index (χ0) is 40.2. The van der Waals surface area contributed by atoms with E-state index in [0.717, 1.165) is 22.7 Å². The molecule has 0 saturated carbocycles. The van der Waals surface area contributed by atoms with Crippen molar-refractivity contribution < 1.29 is 0 Å². The summed E-state index contributed by atoms with van der Waals surface area (Å²) in [4.78, 5) is 2.49. The lowest BCUT2D eigenvalue weighted by molar-refractivity contribution is 0.755. The normalized spacial score (nSPS) is 15.3. The number of para-hydroxylation sites is 2. The molecular formula is C58H39N2Si. The second-order valence-electron chi connectivity index (χ2n) is 16.7. The smallest absolute Gasteiger partial charge is 0.119 e. The van der Waals surface area contributed by atoms with E-state index >= 15 is 0 Å². The molecule has 2 aliphatic rings. The van der Waals surface area contributed by atoms with Gasteiger partial charge in [-0.15, -0.1) is 0 Å². The number of benzene rings is 10. The number of rotatable bonds is 4. The molecule has 1 aromatic heterocycles. The van der Waals surface area contributed by atoms with E-state index in [4.69, 9.17) is 0 Å². The van der Waals surface area contributed by atoms with Gasteiger partial charge in [0, 0.05) is 33.5 Å². The van der Waals surface area contributed by atoms with Crippen LogP contribution in [0.15, 0.2) is 218 Å². The molecule has 11 aromatic rings. The van der Waals surface area contributed by atoms with Gasteiger partial charge in [-0.2, -0.15) is 0 Å². The van der Waals surface area contributed by atoms with Crippen molar-refractivity contribution in [2.45, 2.75) is 12.0 Å². The van der Waals surface area contributed by atoms with Crippen LogP contribution in [0.3, 0.4) is 0 Å². The third kappa shape index (κ3) is 4.78. The van der Waals surface area contributed by atoms with Gasteiger partial charge >= 0.3 is 0 Å². The molecule has 3 heteroatoms. The highest BCUT2D eigenvalue weighted by Crippen LogP contribution is 2.56. The molecule has 0 N–H and O–H groups in total. The number of hydrogen-bond donors (Lipinski definition) is 0. The van der Waals surface area contributed by atoms with Crippen LogP contribution in [0.2, 0.25) is 6.55 Å². The fraction of sp³-hybridized carbons (Fsp3) is 0.0345. The fourth-order valence-electron chi connectivity index (χ4n) is 11.1. The van der Waals surface area contributed by atoms with Gasteiger partial charge in [-0.1, -0.05) is 176 Å². The van der Waals surface area contributed by atoms with Crippen molar-refractivity contribution in [1.82, 2.24) is 4.57 Å². The molecule has 0 fully saturated rings. The lowest BCUT2D eigenvalue weighted by atomic mass is 9.59. The van der Waals surface area contributed by atoms with Gasteiger partial charge < -0.3 is 9.47 Å². The Kier molecular flexibility index (Phi) is 7.34. The molecule has 13 rings (SSSR count). The highest BCUT2D eigenvalue weighted by atomic mass is 28.3. The van der Waals surface area contributed by atoms with Gasteiger partial charge in [-0.3, -0.25) is 0 Å². The van der Waals surface area contributed by atoms with Crippen LogP contribution < -0.4 is 15.3 Å². The molecule has 1 radical (unpaired) electrons. The predicted octanol–water partition coefficient (Wildman–Crippen LogP) is 13.5. The van der Waals surface area contributed by atoms with Crippen LogP contribution in [0.4, 0.5) is 17.1 Å². The maximum Gasteiger partial charge on any atom is 0.119 e. The predicted molar refractivity (Wildman–Crippen MR) is 259 cm³/mol. The zero-order valence-electron chi connectivity index (χ0n) is 33.7. The topological polar surface area (TPSA) is 8.17 Å². The Morgan fingerprint density at radius 1 is 0.393 bits per heavy atom. The van der Waals surface area contributed by atoms with E-state index in [1.807, 2.05) is 0 Å². The van der Waals surface area contributed by atoms with Crippen molar-refractivity contribution in [2.24, 2.45) is 0 Å². The Morgan fingerprint density at radius 2 is 1.00 bits per heavy atom. The van der Waals surface area contributed by atoms with Crippen LogP contribution in [-0.4, -0.2) is 13.4 Å². The third-order valence-corrected chi connectivity index (χ3v) is 16.1. The number of fused-ring (bicyclic) bond motifs is 12. The lowest BCUT2D eigenvalue weighted by Crippen LogP contribution is -2.56. The molecule has 1 unspecified atom stereocenters.